The Hall–Kier alpha value is -0.770. The summed E-state index contributed by atoms with van der Waals surface area (Å²) in [5.41, 5.74) is 1.54. The van der Waals surface area contributed by atoms with Gasteiger partial charge in [0.1, 0.15) is 5.03 Å². The second kappa shape index (κ2) is 3.76. The zero-order valence-corrected chi connectivity index (χ0v) is 8.31. The average Bonchev–Trinajstić information content (AvgIpc) is 2.28. The van der Waals surface area contributed by atoms with Crippen molar-refractivity contribution in [3.8, 4) is 0 Å². The summed E-state index contributed by atoms with van der Waals surface area (Å²) in [6.45, 7) is 3.91. The van der Waals surface area contributed by atoms with Crippen LogP contribution < -0.4 is 0 Å². The minimum absolute atomic E-state index is 0.726. The van der Waals surface area contributed by atoms with E-state index in [0.29, 0.717) is 0 Å². The Labute approximate surface area is 76.1 Å². The molecular formula is C8H12N2OS. The molecule has 0 atom stereocenters. The summed E-state index contributed by atoms with van der Waals surface area (Å²) in [7, 11) is 1.86. The van der Waals surface area contributed by atoms with Gasteiger partial charge in [0.15, 0.2) is 6.29 Å². The van der Waals surface area contributed by atoms with Crippen molar-refractivity contribution >= 4 is 18.0 Å². The van der Waals surface area contributed by atoms with Crippen LogP contribution >= 0.6 is 11.8 Å². The summed E-state index contributed by atoms with van der Waals surface area (Å²) < 4.78 is 1.76. The van der Waals surface area contributed by atoms with Gasteiger partial charge in [0.25, 0.3) is 0 Å². The quantitative estimate of drug-likeness (QED) is 0.529. The van der Waals surface area contributed by atoms with E-state index < -0.39 is 0 Å². The minimum atomic E-state index is 0.726. The van der Waals surface area contributed by atoms with E-state index in [0.717, 1.165) is 28.3 Å². The Kier molecular flexibility index (Phi) is 2.92. The molecule has 0 aliphatic heterocycles. The van der Waals surface area contributed by atoms with E-state index in [2.05, 4.69) is 12.0 Å². The molecule has 0 bridgehead atoms. The highest BCUT2D eigenvalue weighted by Gasteiger charge is 2.11. The lowest BCUT2D eigenvalue weighted by Gasteiger charge is -1.98. The van der Waals surface area contributed by atoms with Gasteiger partial charge in [0.2, 0.25) is 0 Å². The highest BCUT2D eigenvalue weighted by atomic mass is 32.2. The number of carbonyl (C=O) groups is 1. The van der Waals surface area contributed by atoms with Crippen molar-refractivity contribution in [2.24, 2.45) is 7.05 Å². The van der Waals surface area contributed by atoms with Crippen molar-refractivity contribution < 1.29 is 4.79 Å². The number of hydrogen-bond acceptors (Lipinski definition) is 3. The first-order chi connectivity index (χ1) is 5.70. The van der Waals surface area contributed by atoms with Crippen molar-refractivity contribution in [1.29, 1.82) is 0 Å². The highest BCUT2D eigenvalue weighted by molar-refractivity contribution is 7.99. The summed E-state index contributed by atoms with van der Waals surface area (Å²) >= 11 is 1.64. The molecule has 1 aromatic rings. The number of aromatic nitrogens is 2. The van der Waals surface area contributed by atoms with Crippen LogP contribution in [0.5, 0.6) is 0 Å². The average molecular weight is 184 g/mol. The van der Waals surface area contributed by atoms with Gasteiger partial charge < -0.3 is 0 Å². The van der Waals surface area contributed by atoms with E-state index in [1.54, 1.807) is 16.4 Å². The summed E-state index contributed by atoms with van der Waals surface area (Å²) in [6.07, 6.45) is 0.875. The molecule has 1 rings (SSSR count). The summed E-state index contributed by atoms with van der Waals surface area (Å²) in [4.78, 5) is 10.7. The van der Waals surface area contributed by atoms with Crippen molar-refractivity contribution in [3.63, 3.8) is 0 Å². The number of aldehydes is 1. The highest BCUT2D eigenvalue weighted by Crippen LogP contribution is 2.22. The maximum Gasteiger partial charge on any atom is 0.154 e. The lowest BCUT2D eigenvalue weighted by Crippen LogP contribution is -1.93. The zero-order valence-electron chi connectivity index (χ0n) is 7.50. The SMILES string of the molecule is CCSc1c(C=O)c(C)nn1C. The van der Waals surface area contributed by atoms with E-state index in [1.165, 1.54) is 0 Å². The van der Waals surface area contributed by atoms with Gasteiger partial charge in [-0.1, -0.05) is 6.92 Å². The molecule has 0 unspecified atom stereocenters. The zero-order chi connectivity index (χ0) is 9.14. The van der Waals surface area contributed by atoms with E-state index >= 15 is 0 Å². The van der Waals surface area contributed by atoms with Crippen LogP contribution in [0.15, 0.2) is 5.03 Å². The van der Waals surface area contributed by atoms with Gasteiger partial charge in [0.05, 0.1) is 11.3 Å². The van der Waals surface area contributed by atoms with E-state index in [1.807, 2.05) is 14.0 Å². The van der Waals surface area contributed by atoms with Crippen LogP contribution in [0.25, 0.3) is 0 Å². The molecule has 0 amide bonds. The van der Waals surface area contributed by atoms with E-state index in [-0.39, 0.29) is 0 Å². The summed E-state index contributed by atoms with van der Waals surface area (Å²) in [6, 6.07) is 0. The molecule has 0 radical (unpaired) electrons. The number of aryl methyl sites for hydroxylation is 2. The van der Waals surface area contributed by atoms with Gasteiger partial charge in [-0.3, -0.25) is 9.48 Å². The number of rotatable bonds is 3. The maximum atomic E-state index is 10.7. The van der Waals surface area contributed by atoms with Gasteiger partial charge in [-0.05, 0) is 12.7 Å². The second-order valence-electron chi connectivity index (χ2n) is 2.48. The number of thioether (sulfide) groups is 1. The van der Waals surface area contributed by atoms with Gasteiger partial charge in [-0.15, -0.1) is 11.8 Å². The molecule has 0 aliphatic rings. The fourth-order valence-electron chi connectivity index (χ4n) is 1.10. The van der Waals surface area contributed by atoms with Gasteiger partial charge in [-0.25, -0.2) is 0 Å². The van der Waals surface area contributed by atoms with Crippen LogP contribution in [0.4, 0.5) is 0 Å². The predicted molar refractivity (Wildman–Crippen MR) is 49.7 cm³/mol. The van der Waals surface area contributed by atoms with Gasteiger partial charge in [-0.2, -0.15) is 5.10 Å². The number of hydrogen-bond donors (Lipinski definition) is 0. The molecule has 4 heteroatoms. The van der Waals surface area contributed by atoms with Crippen LogP contribution in [0.1, 0.15) is 23.0 Å². The van der Waals surface area contributed by atoms with Crippen molar-refractivity contribution in [2.45, 2.75) is 18.9 Å². The van der Waals surface area contributed by atoms with Crippen LogP contribution in [-0.4, -0.2) is 21.8 Å². The molecule has 3 nitrogen and oxygen atoms in total. The Balaban J connectivity index is 3.13. The molecule has 0 N–H and O–H groups in total. The Morgan fingerprint density at radius 3 is 2.83 bits per heavy atom. The molecule has 1 aromatic heterocycles. The van der Waals surface area contributed by atoms with E-state index in [4.69, 9.17) is 0 Å². The molecule has 0 saturated heterocycles. The van der Waals surface area contributed by atoms with Crippen molar-refractivity contribution in [1.82, 2.24) is 9.78 Å². The Morgan fingerprint density at radius 1 is 1.67 bits per heavy atom. The number of nitrogens with zero attached hydrogens (tertiary/aromatic N) is 2. The van der Waals surface area contributed by atoms with Crippen molar-refractivity contribution in [3.05, 3.63) is 11.3 Å². The Bertz CT molecular complexity index is 293. The predicted octanol–water partition coefficient (Wildman–Crippen LogP) is 1.65. The fourth-order valence-corrected chi connectivity index (χ4v) is 1.95. The van der Waals surface area contributed by atoms with Crippen LogP contribution in [0, 0.1) is 6.92 Å². The smallest absolute Gasteiger partial charge is 0.154 e. The van der Waals surface area contributed by atoms with Gasteiger partial charge in [0, 0.05) is 7.05 Å². The normalized spacial score (nSPS) is 10.2. The molecule has 0 aromatic carbocycles. The van der Waals surface area contributed by atoms with Crippen molar-refractivity contribution in [2.75, 3.05) is 5.75 Å². The first kappa shape index (κ1) is 9.32. The first-order valence-corrected chi connectivity index (χ1v) is 4.80. The van der Waals surface area contributed by atoms with Crippen LogP contribution in [0.3, 0.4) is 0 Å². The number of carbonyl (C=O) groups excluding carboxylic acids is 1. The van der Waals surface area contributed by atoms with Gasteiger partial charge >= 0.3 is 0 Å². The summed E-state index contributed by atoms with van der Waals surface area (Å²) in [5.74, 6) is 0.958. The third kappa shape index (κ3) is 1.53. The van der Waals surface area contributed by atoms with Crippen LogP contribution in [0.2, 0.25) is 0 Å². The Morgan fingerprint density at radius 2 is 2.33 bits per heavy atom. The van der Waals surface area contributed by atoms with Crippen LogP contribution in [-0.2, 0) is 7.05 Å². The second-order valence-corrected chi connectivity index (χ2v) is 3.73. The third-order valence-corrected chi connectivity index (χ3v) is 2.66. The lowest BCUT2D eigenvalue weighted by atomic mass is 10.3. The molecule has 0 aliphatic carbocycles. The fraction of sp³-hybridized carbons (Fsp3) is 0.500. The summed E-state index contributed by atoms with van der Waals surface area (Å²) in [5, 5.41) is 5.13. The maximum absolute atomic E-state index is 10.7. The lowest BCUT2D eigenvalue weighted by molar-refractivity contribution is 0.112. The molecule has 0 fully saturated rings. The van der Waals surface area contributed by atoms with E-state index in [9.17, 15) is 4.79 Å². The molecule has 0 spiro atoms. The minimum Gasteiger partial charge on any atom is -0.298 e. The first-order valence-electron chi connectivity index (χ1n) is 3.82. The molecule has 1 heterocycles. The topological polar surface area (TPSA) is 34.9 Å². The molecule has 12 heavy (non-hydrogen) atoms. The standard InChI is InChI=1S/C8H12N2OS/c1-4-12-8-7(5-11)6(2)9-10(8)3/h5H,4H2,1-3H3. The molecular weight excluding hydrogens is 172 g/mol. The molecule has 66 valence electrons. The molecule has 0 saturated carbocycles. The largest absolute Gasteiger partial charge is 0.298 e. The monoisotopic (exact) mass is 184 g/mol. The third-order valence-electron chi connectivity index (χ3n) is 1.61.